The van der Waals surface area contributed by atoms with Crippen LogP contribution in [0.2, 0.25) is 0 Å². The van der Waals surface area contributed by atoms with Crippen LogP contribution in [0.15, 0.2) is 42.5 Å². The molecule has 1 fully saturated rings. The zero-order valence-corrected chi connectivity index (χ0v) is 17.1. The van der Waals surface area contributed by atoms with Crippen LogP contribution in [0.25, 0.3) is 5.57 Å². The van der Waals surface area contributed by atoms with E-state index in [0.29, 0.717) is 35.7 Å². The van der Waals surface area contributed by atoms with Crippen molar-refractivity contribution in [3.63, 3.8) is 0 Å². The second-order valence-corrected chi connectivity index (χ2v) is 8.59. The van der Waals surface area contributed by atoms with Crippen molar-refractivity contribution in [3.05, 3.63) is 64.2 Å². The Labute approximate surface area is 179 Å². The molecule has 1 heterocycles. The van der Waals surface area contributed by atoms with Crippen LogP contribution < -0.4 is 4.74 Å². The highest BCUT2D eigenvalue weighted by Gasteiger charge is 2.44. The number of hydrogen-bond donors (Lipinski definition) is 1. The molecule has 3 atom stereocenters. The molecule has 0 aliphatic heterocycles. The number of aromatic nitrogens is 1. The van der Waals surface area contributed by atoms with Crippen molar-refractivity contribution < 1.29 is 27.8 Å². The topological polar surface area (TPSA) is 59.4 Å². The van der Waals surface area contributed by atoms with Crippen LogP contribution in [0.1, 0.15) is 40.5 Å². The number of nitrogens with zero attached hydrogens (tertiary/aromatic N) is 1. The van der Waals surface area contributed by atoms with Gasteiger partial charge in [-0.2, -0.15) is 17.5 Å². The maximum absolute atomic E-state index is 13.5. The minimum atomic E-state index is -4.52. The average molecular weight is 456 g/mol. The largest absolute Gasteiger partial charge is 0.489 e. The summed E-state index contributed by atoms with van der Waals surface area (Å²) in [4.78, 5) is 10.2. The van der Waals surface area contributed by atoms with Gasteiger partial charge >= 0.3 is 12.1 Å². The highest BCUT2D eigenvalue weighted by molar-refractivity contribution is 7.06. The summed E-state index contributed by atoms with van der Waals surface area (Å²) in [5.74, 6) is -0.790. The standard InChI is InChI=1S/C21H17ClF3NO3S/c22-13-5-1-12(2-6-13)18-17(19(30-26-18)21(23,24)25)10-29-14-7-3-11(4-8-14)15-9-16(15)20(27)28/h1-5,7-8,13,15-16H,6,9-10H2,(H,27,28). The molecule has 158 valence electrons. The molecule has 9 heteroatoms. The fourth-order valence-electron chi connectivity index (χ4n) is 3.47. The number of carboxylic acids is 1. The number of allylic oxidation sites excluding steroid dienone is 4. The van der Waals surface area contributed by atoms with E-state index >= 15 is 0 Å². The summed E-state index contributed by atoms with van der Waals surface area (Å²) < 4.78 is 50.1. The number of aliphatic carboxylic acids is 1. The van der Waals surface area contributed by atoms with Gasteiger partial charge in [-0.1, -0.05) is 30.4 Å². The zero-order chi connectivity index (χ0) is 21.5. The molecule has 30 heavy (non-hydrogen) atoms. The van der Waals surface area contributed by atoms with Crippen LogP contribution in [0.3, 0.4) is 0 Å². The lowest BCUT2D eigenvalue weighted by molar-refractivity contribution is -0.138. The lowest BCUT2D eigenvalue weighted by Gasteiger charge is -2.13. The van der Waals surface area contributed by atoms with E-state index < -0.39 is 17.0 Å². The zero-order valence-electron chi connectivity index (χ0n) is 15.5. The summed E-state index contributed by atoms with van der Waals surface area (Å²) in [6.07, 6.45) is 1.79. The fourth-order valence-corrected chi connectivity index (χ4v) is 4.39. The predicted octanol–water partition coefficient (Wildman–Crippen LogP) is 5.88. The first-order valence-corrected chi connectivity index (χ1v) is 10.5. The first-order chi connectivity index (χ1) is 14.2. The molecule has 4 nitrogen and oxygen atoms in total. The fraction of sp³-hybridized carbons (Fsp3) is 0.333. The van der Waals surface area contributed by atoms with Gasteiger partial charge in [-0.25, -0.2) is 0 Å². The van der Waals surface area contributed by atoms with Gasteiger partial charge in [0, 0.05) is 5.56 Å². The van der Waals surface area contributed by atoms with Gasteiger partial charge in [0.15, 0.2) is 0 Å². The van der Waals surface area contributed by atoms with Crippen molar-refractivity contribution in [2.45, 2.75) is 36.9 Å². The Morgan fingerprint density at radius 3 is 2.60 bits per heavy atom. The summed E-state index contributed by atoms with van der Waals surface area (Å²) >= 11 is 6.42. The van der Waals surface area contributed by atoms with Gasteiger partial charge in [-0.15, -0.1) is 11.6 Å². The molecule has 0 spiro atoms. The highest BCUT2D eigenvalue weighted by Crippen LogP contribution is 2.47. The van der Waals surface area contributed by atoms with Crippen molar-refractivity contribution in [2.75, 3.05) is 0 Å². The summed E-state index contributed by atoms with van der Waals surface area (Å²) in [5.41, 5.74) is 1.73. The van der Waals surface area contributed by atoms with Gasteiger partial charge in [0.2, 0.25) is 0 Å². The Balaban J connectivity index is 1.52. The maximum Gasteiger partial charge on any atom is 0.427 e. The molecule has 1 saturated carbocycles. The Morgan fingerprint density at radius 2 is 2.03 bits per heavy atom. The maximum atomic E-state index is 13.5. The molecule has 1 N–H and O–H groups in total. The molecule has 0 saturated heterocycles. The third-order valence-electron chi connectivity index (χ3n) is 5.17. The number of benzene rings is 1. The van der Waals surface area contributed by atoms with Crippen LogP contribution in [-0.4, -0.2) is 20.8 Å². The summed E-state index contributed by atoms with van der Waals surface area (Å²) in [6.45, 7) is -0.281. The number of carboxylic acid groups (broad SMARTS) is 1. The van der Waals surface area contributed by atoms with Gasteiger partial charge in [-0.3, -0.25) is 4.79 Å². The average Bonchev–Trinajstić information content (AvgIpc) is 3.39. The molecule has 2 aliphatic carbocycles. The van der Waals surface area contributed by atoms with Gasteiger partial charge in [-0.05, 0) is 53.6 Å². The molecule has 4 rings (SSSR count). The van der Waals surface area contributed by atoms with E-state index in [1.165, 1.54) is 0 Å². The highest BCUT2D eigenvalue weighted by atomic mass is 35.5. The second-order valence-electron chi connectivity index (χ2n) is 7.25. The normalized spacial score (nSPS) is 23.2. The van der Waals surface area contributed by atoms with Crippen molar-refractivity contribution in [1.82, 2.24) is 4.37 Å². The van der Waals surface area contributed by atoms with Gasteiger partial charge < -0.3 is 9.84 Å². The summed E-state index contributed by atoms with van der Waals surface area (Å²) in [6, 6.07) is 6.81. The Bertz CT molecular complexity index is 1010. The van der Waals surface area contributed by atoms with Crippen LogP contribution in [-0.2, 0) is 17.6 Å². The van der Waals surface area contributed by atoms with Crippen molar-refractivity contribution in [3.8, 4) is 5.75 Å². The van der Waals surface area contributed by atoms with Gasteiger partial charge in [0.1, 0.15) is 17.2 Å². The molecule has 1 aromatic heterocycles. The van der Waals surface area contributed by atoms with Crippen molar-refractivity contribution in [1.29, 1.82) is 0 Å². The Hall–Kier alpha value is -2.32. The van der Waals surface area contributed by atoms with Crippen LogP contribution in [0, 0.1) is 5.92 Å². The molecule has 0 bridgehead atoms. The van der Waals surface area contributed by atoms with E-state index in [0.717, 1.165) is 5.56 Å². The van der Waals surface area contributed by atoms with E-state index in [2.05, 4.69) is 4.37 Å². The Morgan fingerprint density at radius 1 is 1.30 bits per heavy atom. The van der Waals surface area contributed by atoms with Crippen LogP contribution in [0.4, 0.5) is 13.2 Å². The molecule has 0 radical (unpaired) electrons. The second kappa shape index (κ2) is 8.07. The SMILES string of the molecule is O=C(O)C1CC1c1ccc(OCc2c(C3=CCC(Cl)C=C3)nsc2C(F)(F)F)cc1. The first kappa shape index (κ1) is 20.9. The van der Waals surface area contributed by atoms with Crippen LogP contribution >= 0.6 is 23.1 Å². The smallest absolute Gasteiger partial charge is 0.427 e. The van der Waals surface area contributed by atoms with Crippen LogP contribution in [0.5, 0.6) is 5.75 Å². The summed E-state index contributed by atoms with van der Waals surface area (Å²) in [5, 5.41) is 8.85. The van der Waals surface area contributed by atoms with E-state index in [1.807, 2.05) is 0 Å². The van der Waals surface area contributed by atoms with Crippen molar-refractivity contribution >= 4 is 34.7 Å². The number of hydrogen-bond acceptors (Lipinski definition) is 4. The van der Waals surface area contributed by atoms with Gasteiger partial charge in [0.25, 0.3) is 0 Å². The quantitative estimate of drug-likeness (QED) is 0.552. The minimum Gasteiger partial charge on any atom is -0.489 e. The number of halogens is 4. The monoisotopic (exact) mass is 455 g/mol. The minimum absolute atomic E-state index is 0.00590. The van der Waals surface area contributed by atoms with E-state index in [1.54, 1.807) is 42.5 Å². The number of ether oxygens (including phenoxy) is 1. The molecular weight excluding hydrogens is 439 g/mol. The lowest BCUT2D eigenvalue weighted by atomic mass is 10.0. The molecule has 2 aliphatic rings. The predicted molar refractivity (Wildman–Crippen MR) is 108 cm³/mol. The third kappa shape index (κ3) is 4.39. The molecule has 0 amide bonds. The first-order valence-electron chi connectivity index (χ1n) is 9.28. The number of alkyl halides is 4. The Kier molecular flexibility index (Phi) is 5.63. The third-order valence-corrected chi connectivity index (χ3v) is 6.42. The molecule has 2 aromatic rings. The van der Waals surface area contributed by atoms with E-state index in [9.17, 15) is 18.0 Å². The van der Waals surface area contributed by atoms with E-state index in [4.69, 9.17) is 21.4 Å². The summed E-state index contributed by atoms with van der Waals surface area (Å²) in [7, 11) is 0. The molecule has 3 unspecified atom stereocenters. The number of rotatable bonds is 6. The molecular formula is C21H17ClF3NO3S. The lowest BCUT2D eigenvalue weighted by Crippen LogP contribution is -2.09. The van der Waals surface area contributed by atoms with Crippen molar-refractivity contribution in [2.24, 2.45) is 5.92 Å². The molecule has 1 aromatic carbocycles. The van der Waals surface area contributed by atoms with Gasteiger partial charge in [0.05, 0.1) is 17.0 Å². The van der Waals surface area contributed by atoms with E-state index in [-0.39, 0.29) is 35.1 Å². The number of carbonyl (C=O) groups is 1.